The molecule has 1 unspecified atom stereocenters. The van der Waals surface area contributed by atoms with Crippen molar-refractivity contribution in [1.82, 2.24) is 5.32 Å². The van der Waals surface area contributed by atoms with Crippen LogP contribution in [0, 0.1) is 10.1 Å². The maximum absolute atomic E-state index is 12.1. The van der Waals surface area contributed by atoms with E-state index in [2.05, 4.69) is 5.32 Å². The first-order valence-corrected chi connectivity index (χ1v) is 8.39. The molecule has 0 aromatic heterocycles. The summed E-state index contributed by atoms with van der Waals surface area (Å²) in [5.74, 6) is 0.880. The van der Waals surface area contributed by atoms with Gasteiger partial charge in [-0.1, -0.05) is 18.2 Å². The van der Waals surface area contributed by atoms with Crippen LogP contribution in [0.4, 0.5) is 5.69 Å². The fourth-order valence-electron chi connectivity index (χ4n) is 3.10. The molecule has 2 aromatic carbocycles. The first-order valence-electron chi connectivity index (χ1n) is 8.39. The second kappa shape index (κ2) is 6.99. The van der Waals surface area contributed by atoms with Gasteiger partial charge in [0, 0.05) is 12.5 Å². The molecule has 2 heterocycles. The average molecular weight is 368 g/mol. The molecular formula is C19H16N2O6. The Morgan fingerprint density at radius 3 is 2.89 bits per heavy atom. The van der Waals surface area contributed by atoms with E-state index >= 15 is 0 Å². The molecule has 0 saturated heterocycles. The lowest BCUT2D eigenvalue weighted by atomic mass is 10.1. The molecule has 2 aromatic rings. The molecule has 0 radical (unpaired) electrons. The lowest BCUT2D eigenvalue weighted by Crippen LogP contribution is -2.33. The van der Waals surface area contributed by atoms with Gasteiger partial charge in [0.15, 0.2) is 5.75 Å². The van der Waals surface area contributed by atoms with Gasteiger partial charge in [-0.2, -0.15) is 0 Å². The molecule has 0 fully saturated rings. The molecule has 2 aliphatic rings. The summed E-state index contributed by atoms with van der Waals surface area (Å²) < 4.78 is 16.1. The van der Waals surface area contributed by atoms with Crippen LogP contribution in [0.2, 0.25) is 0 Å². The van der Waals surface area contributed by atoms with Gasteiger partial charge in [-0.3, -0.25) is 14.9 Å². The minimum atomic E-state index is -0.547. The van der Waals surface area contributed by atoms with Crippen molar-refractivity contribution < 1.29 is 23.9 Å². The number of ether oxygens (including phenoxy) is 3. The lowest BCUT2D eigenvalue weighted by Gasteiger charge is -2.10. The van der Waals surface area contributed by atoms with Crippen molar-refractivity contribution in [3.05, 3.63) is 63.7 Å². The molecule has 138 valence electrons. The number of benzene rings is 2. The number of nitro benzene ring substituents is 1. The highest BCUT2D eigenvalue weighted by Crippen LogP contribution is 2.43. The third-order valence-corrected chi connectivity index (χ3v) is 4.36. The molecule has 1 amide bonds. The highest BCUT2D eigenvalue weighted by Gasteiger charge is 2.28. The van der Waals surface area contributed by atoms with E-state index in [1.807, 2.05) is 24.3 Å². The number of nitrogens with one attached hydrogen (secondary N) is 1. The zero-order chi connectivity index (χ0) is 18.8. The summed E-state index contributed by atoms with van der Waals surface area (Å²) in [6, 6.07) is 10.8. The van der Waals surface area contributed by atoms with Gasteiger partial charge < -0.3 is 19.5 Å². The van der Waals surface area contributed by atoms with Gasteiger partial charge in [-0.05, 0) is 29.8 Å². The molecule has 0 bridgehead atoms. The molecule has 0 aliphatic carbocycles. The number of rotatable bonds is 5. The lowest BCUT2D eigenvalue weighted by molar-refractivity contribution is -0.385. The van der Waals surface area contributed by atoms with E-state index in [1.165, 1.54) is 18.2 Å². The van der Waals surface area contributed by atoms with E-state index < -0.39 is 4.92 Å². The summed E-state index contributed by atoms with van der Waals surface area (Å²) in [7, 11) is 0. The van der Waals surface area contributed by atoms with Gasteiger partial charge in [-0.25, -0.2) is 0 Å². The molecule has 0 spiro atoms. The van der Waals surface area contributed by atoms with Crippen molar-refractivity contribution in [3.63, 3.8) is 0 Å². The van der Waals surface area contributed by atoms with Crippen molar-refractivity contribution >= 4 is 17.7 Å². The minimum absolute atomic E-state index is 0.0619. The second-order valence-electron chi connectivity index (χ2n) is 6.12. The summed E-state index contributed by atoms with van der Waals surface area (Å²) in [4.78, 5) is 22.9. The van der Waals surface area contributed by atoms with Crippen molar-refractivity contribution in [3.8, 4) is 17.2 Å². The van der Waals surface area contributed by atoms with Crippen molar-refractivity contribution in [2.45, 2.75) is 12.5 Å². The quantitative estimate of drug-likeness (QED) is 0.494. The molecule has 27 heavy (non-hydrogen) atoms. The third kappa shape index (κ3) is 3.41. The van der Waals surface area contributed by atoms with Crippen LogP contribution in [0.15, 0.2) is 42.5 Å². The summed E-state index contributed by atoms with van der Waals surface area (Å²) in [6.07, 6.45) is 3.25. The number of fused-ring (bicyclic) bond motifs is 2. The predicted octanol–water partition coefficient (Wildman–Crippen LogP) is 2.46. The van der Waals surface area contributed by atoms with Gasteiger partial charge in [0.25, 0.3) is 0 Å². The number of carbonyl (C=O) groups is 1. The summed E-state index contributed by atoms with van der Waals surface area (Å²) in [5.41, 5.74) is 1.16. The molecule has 1 N–H and O–H groups in total. The zero-order valence-electron chi connectivity index (χ0n) is 14.2. The number of nitro groups is 1. The van der Waals surface area contributed by atoms with Crippen molar-refractivity contribution in [2.75, 3.05) is 13.3 Å². The monoisotopic (exact) mass is 368 g/mol. The maximum Gasteiger partial charge on any atom is 0.322 e. The van der Waals surface area contributed by atoms with Crippen LogP contribution in [0.5, 0.6) is 17.2 Å². The van der Waals surface area contributed by atoms with Crippen LogP contribution in [0.25, 0.3) is 6.08 Å². The van der Waals surface area contributed by atoms with Gasteiger partial charge >= 0.3 is 5.69 Å². The standard InChI is InChI=1S/C19H16N2O6/c22-17(20-10-14-9-13-3-1-2-4-15(13)27-14)8-6-12-5-7-16-19(26-11-25-16)18(12)21(23)24/h1-8,14H,9-11H2,(H,20,22). The molecule has 2 aliphatic heterocycles. The summed E-state index contributed by atoms with van der Waals surface area (Å²) in [5, 5.41) is 14.1. The zero-order valence-corrected chi connectivity index (χ0v) is 14.2. The molecular weight excluding hydrogens is 352 g/mol. The van der Waals surface area contributed by atoms with E-state index in [0.717, 1.165) is 17.7 Å². The number of nitrogens with zero attached hydrogens (tertiary/aromatic N) is 1. The normalized spacial score (nSPS) is 16.8. The van der Waals surface area contributed by atoms with E-state index in [0.29, 0.717) is 12.3 Å². The number of carbonyl (C=O) groups excluding carboxylic acids is 1. The second-order valence-corrected chi connectivity index (χ2v) is 6.12. The van der Waals surface area contributed by atoms with E-state index in [9.17, 15) is 14.9 Å². The summed E-state index contributed by atoms with van der Waals surface area (Å²) >= 11 is 0. The van der Waals surface area contributed by atoms with Crippen LogP contribution >= 0.6 is 0 Å². The SMILES string of the molecule is O=C(C=Cc1ccc2c(c1[N+](=O)[O-])OCO2)NCC1Cc2ccccc2O1. The van der Waals surface area contributed by atoms with E-state index in [-0.39, 0.29) is 35.8 Å². The fourth-order valence-corrected chi connectivity index (χ4v) is 3.10. The number of hydrogen-bond donors (Lipinski definition) is 1. The van der Waals surface area contributed by atoms with Gasteiger partial charge in [0.05, 0.1) is 17.0 Å². The highest BCUT2D eigenvalue weighted by molar-refractivity contribution is 5.92. The molecule has 0 saturated carbocycles. The molecule has 4 rings (SSSR count). The Bertz CT molecular complexity index is 915. The minimum Gasteiger partial charge on any atom is -0.488 e. The fraction of sp³-hybridized carbons (Fsp3) is 0.211. The Morgan fingerprint density at radius 2 is 2.07 bits per heavy atom. The molecule has 8 nitrogen and oxygen atoms in total. The van der Waals surface area contributed by atoms with Crippen LogP contribution in [0.1, 0.15) is 11.1 Å². The molecule has 1 atom stereocenters. The van der Waals surface area contributed by atoms with Gasteiger partial charge in [0.2, 0.25) is 18.4 Å². The first-order chi connectivity index (χ1) is 13.1. The van der Waals surface area contributed by atoms with Crippen LogP contribution in [0.3, 0.4) is 0 Å². The Morgan fingerprint density at radius 1 is 1.22 bits per heavy atom. The van der Waals surface area contributed by atoms with Crippen LogP contribution in [-0.2, 0) is 11.2 Å². The Hall–Kier alpha value is -3.55. The van der Waals surface area contributed by atoms with Gasteiger partial charge in [-0.15, -0.1) is 0 Å². The Balaban J connectivity index is 1.39. The predicted molar refractivity (Wildman–Crippen MR) is 95.8 cm³/mol. The number of amides is 1. The average Bonchev–Trinajstić information content (AvgIpc) is 3.29. The summed E-state index contributed by atoms with van der Waals surface area (Å²) in [6.45, 7) is 0.286. The third-order valence-electron chi connectivity index (χ3n) is 4.36. The topological polar surface area (TPSA) is 99.9 Å². The Kier molecular flexibility index (Phi) is 4.37. The largest absolute Gasteiger partial charge is 0.488 e. The van der Waals surface area contributed by atoms with Crippen molar-refractivity contribution in [1.29, 1.82) is 0 Å². The van der Waals surface area contributed by atoms with Crippen LogP contribution in [-0.4, -0.2) is 30.3 Å². The van der Waals surface area contributed by atoms with Crippen LogP contribution < -0.4 is 19.5 Å². The van der Waals surface area contributed by atoms with E-state index in [1.54, 1.807) is 6.07 Å². The number of para-hydroxylation sites is 1. The first kappa shape index (κ1) is 16.9. The molecule has 8 heteroatoms. The highest BCUT2D eigenvalue weighted by atomic mass is 16.7. The Labute approximate surface area is 154 Å². The van der Waals surface area contributed by atoms with Gasteiger partial charge in [0.1, 0.15) is 11.9 Å². The maximum atomic E-state index is 12.1. The number of hydrogen-bond acceptors (Lipinski definition) is 6. The smallest absolute Gasteiger partial charge is 0.322 e. The van der Waals surface area contributed by atoms with Crippen molar-refractivity contribution in [2.24, 2.45) is 0 Å². The van der Waals surface area contributed by atoms with E-state index in [4.69, 9.17) is 14.2 Å².